The SMILES string of the molecule is Cc1n[nH]c(C)c1S(=O)(=O)NCCOc1cccc2cccnc12. The van der Waals surface area contributed by atoms with Crippen LogP contribution in [-0.4, -0.2) is 36.8 Å². The van der Waals surface area contributed by atoms with E-state index in [-0.39, 0.29) is 18.0 Å². The third kappa shape index (κ3) is 3.24. The maximum absolute atomic E-state index is 12.3. The smallest absolute Gasteiger partial charge is 0.244 e. The number of hydrogen-bond donors (Lipinski definition) is 2. The molecule has 0 bridgehead atoms. The minimum absolute atomic E-state index is 0.148. The summed E-state index contributed by atoms with van der Waals surface area (Å²) in [5, 5.41) is 7.55. The molecule has 0 aliphatic carbocycles. The summed E-state index contributed by atoms with van der Waals surface area (Å²) in [7, 11) is -3.61. The van der Waals surface area contributed by atoms with Crippen molar-refractivity contribution in [2.45, 2.75) is 18.7 Å². The Morgan fingerprint density at radius 1 is 1.21 bits per heavy atom. The Hall–Kier alpha value is -2.45. The quantitative estimate of drug-likeness (QED) is 0.665. The Labute approximate surface area is 140 Å². The largest absolute Gasteiger partial charge is 0.490 e. The lowest BCUT2D eigenvalue weighted by Gasteiger charge is -2.10. The van der Waals surface area contributed by atoms with Crippen LogP contribution in [0.4, 0.5) is 0 Å². The van der Waals surface area contributed by atoms with Crippen molar-refractivity contribution in [3.8, 4) is 5.75 Å². The summed E-state index contributed by atoms with van der Waals surface area (Å²) in [6.07, 6.45) is 1.70. The number of hydrogen-bond acceptors (Lipinski definition) is 5. The molecule has 2 heterocycles. The number of aromatic amines is 1. The number of aromatic nitrogens is 3. The maximum Gasteiger partial charge on any atom is 0.244 e. The van der Waals surface area contributed by atoms with Crippen LogP contribution in [0.25, 0.3) is 10.9 Å². The highest BCUT2D eigenvalue weighted by atomic mass is 32.2. The van der Waals surface area contributed by atoms with Gasteiger partial charge in [-0.1, -0.05) is 18.2 Å². The van der Waals surface area contributed by atoms with Gasteiger partial charge >= 0.3 is 0 Å². The fraction of sp³-hybridized carbons (Fsp3) is 0.250. The van der Waals surface area contributed by atoms with E-state index >= 15 is 0 Å². The zero-order valence-electron chi connectivity index (χ0n) is 13.4. The first-order valence-corrected chi connectivity index (χ1v) is 8.95. The van der Waals surface area contributed by atoms with Crippen molar-refractivity contribution >= 4 is 20.9 Å². The minimum atomic E-state index is -3.61. The van der Waals surface area contributed by atoms with Gasteiger partial charge in [-0.3, -0.25) is 10.1 Å². The number of para-hydroxylation sites is 1. The van der Waals surface area contributed by atoms with Gasteiger partial charge in [-0.15, -0.1) is 0 Å². The molecule has 0 aliphatic heterocycles. The molecule has 2 N–H and O–H groups in total. The standard InChI is InChI=1S/C16H18N4O3S/c1-11-16(12(2)20-19-11)24(21,22)18-9-10-23-14-7-3-5-13-6-4-8-17-15(13)14/h3-8,18H,9-10H2,1-2H3,(H,19,20). The average molecular weight is 346 g/mol. The molecule has 7 nitrogen and oxygen atoms in total. The first-order chi connectivity index (χ1) is 11.5. The molecular weight excluding hydrogens is 328 g/mol. The topological polar surface area (TPSA) is 97.0 Å². The molecule has 126 valence electrons. The summed E-state index contributed by atoms with van der Waals surface area (Å²) in [6, 6.07) is 9.44. The lowest BCUT2D eigenvalue weighted by molar-refractivity contribution is 0.326. The highest BCUT2D eigenvalue weighted by Gasteiger charge is 2.21. The molecule has 0 unspecified atom stereocenters. The molecule has 24 heavy (non-hydrogen) atoms. The van der Waals surface area contributed by atoms with Crippen LogP contribution in [0.1, 0.15) is 11.4 Å². The van der Waals surface area contributed by atoms with Crippen molar-refractivity contribution < 1.29 is 13.2 Å². The van der Waals surface area contributed by atoms with Crippen LogP contribution < -0.4 is 9.46 Å². The number of H-pyrrole nitrogens is 1. The van der Waals surface area contributed by atoms with Crippen LogP contribution >= 0.6 is 0 Å². The normalized spacial score (nSPS) is 11.8. The number of pyridine rings is 1. The first kappa shape index (κ1) is 16.4. The summed E-state index contributed by atoms with van der Waals surface area (Å²) in [4.78, 5) is 4.49. The highest BCUT2D eigenvalue weighted by Crippen LogP contribution is 2.22. The third-order valence-corrected chi connectivity index (χ3v) is 5.30. The average Bonchev–Trinajstić information content (AvgIpc) is 2.91. The predicted molar refractivity (Wildman–Crippen MR) is 90.5 cm³/mol. The van der Waals surface area contributed by atoms with Crippen molar-refractivity contribution in [3.05, 3.63) is 47.9 Å². The molecule has 3 rings (SSSR count). The lowest BCUT2D eigenvalue weighted by atomic mass is 10.2. The Bertz CT molecular complexity index is 942. The number of aryl methyl sites for hydroxylation is 2. The maximum atomic E-state index is 12.3. The minimum Gasteiger partial charge on any atom is -0.490 e. The molecule has 0 atom stereocenters. The Kier molecular flexibility index (Phi) is 4.50. The highest BCUT2D eigenvalue weighted by molar-refractivity contribution is 7.89. The number of nitrogens with zero attached hydrogens (tertiary/aromatic N) is 2. The second-order valence-corrected chi connectivity index (χ2v) is 7.04. The molecule has 3 aromatic rings. The lowest BCUT2D eigenvalue weighted by Crippen LogP contribution is -2.29. The van der Waals surface area contributed by atoms with Crippen molar-refractivity contribution in [3.63, 3.8) is 0 Å². The van der Waals surface area contributed by atoms with Crippen LogP contribution in [0.15, 0.2) is 41.4 Å². The van der Waals surface area contributed by atoms with Crippen molar-refractivity contribution in [2.75, 3.05) is 13.2 Å². The molecule has 0 spiro atoms. The van der Waals surface area contributed by atoms with Crippen molar-refractivity contribution in [2.24, 2.45) is 0 Å². The van der Waals surface area contributed by atoms with Crippen molar-refractivity contribution in [1.82, 2.24) is 19.9 Å². The van der Waals surface area contributed by atoms with Gasteiger partial charge in [0.15, 0.2) is 0 Å². The van der Waals surface area contributed by atoms with Crippen LogP contribution in [0.5, 0.6) is 5.75 Å². The molecule has 1 aromatic carbocycles. The van der Waals surface area contributed by atoms with Gasteiger partial charge in [-0.25, -0.2) is 13.1 Å². The van der Waals surface area contributed by atoms with Gasteiger partial charge in [0.2, 0.25) is 10.0 Å². The summed E-state index contributed by atoms with van der Waals surface area (Å²) >= 11 is 0. The van der Waals surface area contributed by atoms with Gasteiger partial charge in [0.05, 0.1) is 11.4 Å². The van der Waals surface area contributed by atoms with E-state index in [4.69, 9.17) is 4.74 Å². The molecule has 0 saturated carbocycles. The van der Waals surface area contributed by atoms with Gasteiger partial charge in [0, 0.05) is 18.1 Å². The van der Waals surface area contributed by atoms with Gasteiger partial charge in [-0.05, 0) is 26.0 Å². The second kappa shape index (κ2) is 6.58. The summed E-state index contributed by atoms with van der Waals surface area (Å²) in [6.45, 7) is 3.67. The Morgan fingerprint density at radius 3 is 2.75 bits per heavy atom. The molecule has 0 radical (unpaired) electrons. The molecule has 0 fully saturated rings. The number of ether oxygens (including phenoxy) is 1. The van der Waals surface area contributed by atoms with Gasteiger partial charge in [0.25, 0.3) is 0 Å². The number of rotatable bonds is 6. The monoisotopic (exact) mass is 346 g/mol. The fourth-order valence-corrected chi connectivity index (χ4v) is 3.92. The Morgan fingerprint density at radius 2 is 2.00 bits per heavy atom. The van der Waals surface area contributed by atoms with E-state index in [1.165, 1.54) is 0 Å². The molecule has 2 aromatic heterocycles. The van der Waals surface area contributed by atoms with Crippen LogP contribution in [0.3, 0.4) is 0 Å². The van der Waals surface area contributed by atoms with E-state index in [9.17, 15) is 8.42 Å². The number of fused-ring (bicyclic) bond motifs is 1. The van der Waals surface area contributed by atoms with E-state index in [2.05, 4.69) is 19.9 Å². The first-order valence-electron chi connectivity index (χ1n) is 7.47. The van der Waals surface area contributed by atoms with Crippen molar-refractivity contribution in [1.29, 1.82) is 0 Å². The zero-order chi connectivity index (χ0) is 17.2. The van der Waals surface area contributed by atoms with Gasteiger partial charge in [0.1, 0.15) is 22.8 Å². The van der Waals surface area contributed by atoms with Gasteiger partial charge < -0.3 is 4.74 Å². The molecule has 0 saturated heterocycles. The van der Waals surface area contributed by atoms with E-state index < -0.39 is 10.0 Å². The molecular formula is C16H18N4O3S. The fourth-order valence-electron chi connectivity index (χ4n) is 2.54. The number of nitrogens with one attached hydrogen (secondary N) is 2. The van der Waals surface area contributed by atoms with Crippen LogP contribution in [0, 0.1) is 13.8 Å². The Balaban J connectivity index is 1.65. The predicted octanol–water partition coefficient (Wildman–Crippen LogP) is 1.93. The molecule has 8 heteroatoms. The summed E-state index contributed by atoms with van der Waals surface area (Å²) < 4.78 is 32.8. The van der Waals surface area contributed by atoms with E-state index in [0.29, 0.717) is 17.1 Å². The summed E-state index contributed by atoms with van der Waals surface area (Å²) in [5.74, 6) is 0.628. The summed E-state index contributed by atoms with van der Waals surface area (Å²) in [5.41, 5.74) is 1.71. The number of benzene rings is 1. The molecule has 0 aliphatic rings. The van der Waals surface area contributed by atoms with Gasteiger partial charge in [-0.2, -0.15) is 5.10 Å². The van der Waals surface area contributed by atoms with E-state index in [1.54, 1.807) is 20.0 Å². The van der Waals surface area contributed by atoms with E-state index in [1.807, 2.05) is 30.3 Å². The second-order valence-electron chi connectivity index (χ2n) is 5.34. The molecule has 0 amide bonds. The zero-order valence-corrected chi connectivity index (χ0v) is 14.2. The number of sulfonamides is 1. The van der Waals surface area contributed by atoms with E-state index in [0.717, 1.165) is 10.9 Å². The van der Waals surface area contributed by atoms with Crippen LogP contribution in [-0.2, 0) is 10.0 Å². The third-order valence-electron chi connectivity index (χ3n) is 3.58. The van der Waals surface area contributed by atoms with Crippen LogP contribution in [0.2, 0.25) is 0 Å².